The van der Waals surface area contributed by atoms with Gasteiger partial charge in [-0.3, -0.25) is 0 Å². The molecule has 0 fully saturated rings. The lowest BCUT2D eigenvalue weighted by Gasteiger charge is -2.30. The fourth-order valence-corrected chi connectivity index (χ4v) is 3.32. The minimum absolute atomic E-state index is 0.121. The summed E-state index contributed by atoms with van der Waals surface area (Å²) < 4.78 is 20.0. The molecule has 0 aromatic heterocycles. The molecule has 0 radical (unpaired) electrons. The van der Waals surface area contributed by atoms with Crippen LogP contribution in [-0.4, -0.2) is 25.1 Å². The number of hydrogen-bond acceptors (Lipinski definition) is 4. The van der Waals surface area contributed by atoms with E-state index in [1.807, 2.05) is 36.4 Å². The van der Waals surface area contributed by atoms with E-state index in [2.05, 4.69) is 4.99 Å². The van der Waals surface area contributed by atoms with Gasteiger partial charge in [0.25, 0.3) is 0 Å². The second kappa shape index (κ2) is 9.29. The van der Waals surface area contributed by atoms with Crippen molar-refractivity contribution in [2.24, 2.45) is 16.5 Å². The Kier molecular flexibility index (Phi) is 6.54. The molecule has 2 aromatic carbocycles. The second-order valence-corrected chi connectivity index (χ2v) is 7.01. The van der Waals surface area contributed by atoms with Gasteiger partial charge in [-0.05, 0) is 35.8 Å². The molecule has 7 nitrogen and oxygen atoms in total. The molecule has 0 saturated heterocycles. The molecule has 1 heterocycles. The molecule has 3 rings (SSSR count). The summed E-state index contributed by atoms with van der Waals surface area (Å²) in [4.78, 5) is 16.5. The Bertz CT molecular complexity index is 1060. The predicted molar refractivity (Wildman–Crippen MR) is 113 cm³/mol. The Morgan fingerprint density at radius 1 is 1.27 bits per heavy atom. The fraction of sp³-hybridized carbons (Fsp3) is 0.190. The molecule has 2 aromatic rings. The molecule has 0 atom stereocenters. The zero-order chi connectivity index (χ0) is 21.7. The molecule has 30 heavy (non-hydrogen) atoms. The normalized spacial score (nSPS) is 13.2. The van der Waals surface area contributed by atoms with Crippen molar-refractivity contribution < 1.29 is 13.9 Å². The van der Waals surface area contributed by atoms with Crippen molar-refractivity contribution in [3.8, 4) is 6.07 Å². The molecule has 0 spiro atoms. The van der Waals surface area contributed by atoms with E-state index in [0.29, 0.717) is 24.5 Å². The average Bonchev–Trinajstić information content (AvgIpc) is 2.73. The van der Waals surface area contributed by atoms with Crippen LogP contribution >= 0.6 is 11.6 Å². The summed E-state index contributed by atoms with van der Waals surface area (Å²) in [5.74, 6) is -1.06. The van der Waals surface area contributed by atoms with E-state index < -0.39 is 17.9 Å². The van der Waals surface area contributed by atoms with Crippen molar-refractivity contribution in [3.05, 3.63) is 70.0 Å². The number of benzene rings is 2. The first kappa shape index (κ1) is 21.1. The molecule has 4 N–H and O–H groups in total. The van der Waals surface area contributed by atoms with Crippen LogP contribution in [0.1, 0.15) is 23.1 Å². The van der Waals surface area contributed by atoms with Gasteiger partial charge in [0.1, 0.15) is 12.7 Å². The second-order valence-electron chi connectivity index (χ2n) is 6.57. The Morgan fingerprint density at radius 2 is 2.00 bits per heavy atom. The smallest absolute Gasteiger partial charge is 0.437 e. The van der Waals surface area contributed by atoms with E-state index in [1.54, 1.807) is 4.90 Å². The van der Waals surface area contributed by atoms with Gasteiger partial charge >= 0.3 is 6.09 Å². The highest BCUT2D eigenvalue weighted by molar-refractivity contribution is 6.30. The Morgan fingerprint density at radius 3 is 2.60 bits per heavy atom. The maximum Gasteiger partial charge on any atom is 0.437 e. The molecule has 9 heteroatoms. The summed E-state index contributed by atoms with van der Waals surface area (Å²) in [5.41, 5.74) is 12.9. The molecule has 1 aliphatic heterocycles. The molecular formula is C21H19ClFN5O2. The summed E-state index contributed by atoms with van der Waals surface area (Å²) in [6.07, 6.45) is 1.66. The molecule has 0 unspecified atom stereocenters. The van der Waals surface area contributed by atoms with Gasteiger partial charge in [0, 0.05) is 23.7 Å². The van der Waals surface area contributed by atoms with Gasteiger partial charge in [-0.15, -0.1) is 4.99 Å². The topological polar surface area (TPSA) is 118 Å². The van der Waals surface area contributed by atoms with E-state index in [1.165, 1.54) is 12.1 Å². The summed E-state index contributed by atoms with van der Waals surface area (Å²) in [5, 5.41) is 10.1. The maximum atomic E-state index is 15.2. The molecule has 1 amide bonds. The number of carbonyl (C=O) groups is 1. The number of anilines is 1. The van der Waals surface area contributed by atoms with E-state index in [9.17, 15) is 10.1 Å². The molecule has 0 saturated carbocycles. The molecule has 154 valence electrons. The number of nitriles is 1. The van der Waals surface area contributed by atoms with Gasteiger partial charge in [-0.25, -0.2) is 9.18 Å². The molecular weight excluding hydrogens is 409 g/mol. The van der Waals surface area contributed by atoms with Crippen molar-refractivity contribution >= 4 is 34.9 Å². The Balaban J connectivity index is 1.81. The zero-order valence-electron chi connectivity index (χ0n) is 15.9. The summed E-state index contributed by atoms with van der Waals surface area (Å²) in [7, 11) is 0. The zero-order valence-corrected chi connectivity index (χ0v) is 16.7. The van der Waals surface area contributed by atoms with Gasteiger partial charge in [-0.1, -0.05) is 35.9 Å². The van der Waals surface area contributed by atoms with Gasteiger partial charge in [0.15, 0.2) is 11.8 Å². The minimum atomic E-state index is -1.02. The van der Waals surface area contributed by atoms with Crippen molar-refractivity contribution in [2.75, 3.05) is 18.0 Å². The number of ether oxygens (including phenoxy) is 1. The number of carbonyl (C=O) groups excluding carboxylic acids is 1. The van der Waals surface area contributed by atoms with Crippen LogP contribution in [0.3, 0.4) is 0 Å². The van der Waals surface area contributed by atoms with Gasteiger partial charge in [-0.2, -0.15) is 5.26 Å². The van der Waals surface area contributed by atoms with Crippen LogP contribution in [0.2, 0.25) is 5.02 Å². The van der Waals surface area contributed by atoms with Crippen molar-refractivity contribution in [1.29, 1.82) is 5.26 Å². The van der Waals surface area contributed by atoms with E-state index >= 15 is 4.39 Å². The third-order valence-electron chi connectivity index (χ3n) is 4.63. The van der Waals surface area contributed by atoms with Gasteiger partial charge in [0.05, 0.1) is 11.3 Å². The first-order valence-corrected chi connectivity index (χ1v) is 9.44. The van der Waals surface area contributed by atoms with Crippen molar-refractivity contribution in [1.82, 2.24) is 0 Å². The number of guanidine groups is 1. The van der Waals surface area contributed by atoms with Crippen LogP contribution in [0.5, 0.6) is 0 Å². The maximum absolute atomic E-state index is 15.2. The Hall–Kier alpha value is -3.57. The first-order valence-electron chi connectivity index (χ1n) is 9.07. The van der Waals surface area contributed by atoms with Crippen LogP contribution in [-0.2, 0) is 11.3 Å². The van der Waals surface area contributed by atoms with E-state index in [-0.39, 0.29) is 23.4 Å². The van der Waals surface area contributed by atoms with Crippen molar-refractivity contribution in [2.45, 2.75) is 13.0 Å². The Labute approximate surface area is 178 Å². The number of aliphatic imine (C=N–C) groups is 1. The van der Waals surface area contributed by atoms with Crippen LogP contribution in [0, 0.1) is 17.1 Å². The highest BCUT2D eigenvalue weighted by Crippen LogP contribution is 2.32. The third-order valence-corrected chi connectivity index (χ3v) is 4.88. The third kappa shape index (κ3) is 4.88. The van der Waals surface area contributed by atoms with Crippen LogP contribution in [0.4, 0.5) is 14.9 Å². The average molecular weight is 428 g/mol. The van der Waals surface area contributed by atoms with Crippen LogP contribution < -0.4 is 16.4 Å². The van der Waals surface area contributed by atoms with Crippen LogP contribution in [0.15, 0.2) is 47.5 Å². The predicted octanol–water partition coefficient (Wildman–Crippen LogP) is 3.55. The summed E-state index contributed by atoms with van der Waals surface area (Å²) >= 11 is 5.94. The lowest BCUT2D eigenvalue weighted by molar-refractivity contribution is 0.149. The number of nitrogens with zero attached hydrogens (tertiary/aromatic N) is 3. The molecule has 0 aliphatic carbocycles. The highest BCUT2D eigenvalue weighted by Gasteiger charge is 2.22. The largest absolute Gasteiger partial charge is 0.443 e. The summed E-state index contributed by atoms with van der Waals surface area (Å²) in [6.45, 7) is 0.595. The summed E-state index contributed by atoms with van der Waals surface area (Å²) in [6, 6.07) is 12.5. The SMILES string of the molecule is N#Cc1ccc(COC(=O)N=C(N)N)c(F)c1N1CC=C(c2ccc(Cl)cc2)CC1. The highest BCUT2D eigenvalue weighted by atomic mass is 35.5. The monoisotopic (exact) mass is 427 g/mol. The number of rotatable bonds is 4. The minimum Gasteiger partial charge on any atom is -0.443 e. The van der Waals surface area contributed by atoms with E-state index in [4.69, 9.17) is 27.8 Å². The van der Waals surface area contributed by atoms with Crippen molar-refractivity contribution in [3.63, 3.8) is 0 Å². The van der Waals surface area contributed by atoms with Gasteiger partial charge in [0.2, 0.25) is 0 Å². The van der Waals surface area contributed by atoms with Gasteiger partial charge < -0.3 is 21.1 Å². The molecule has 1 aliphatic rings. The fourth-order valence-electron chi connectivity index (χ4n) is 3.19. The van der Waals surface area contributed by atoms with E-state index in [0.717, 1.165) is 11.1 Å². The number of amides is 1. The lowest BCUT2D eigenvalue weighted by atomic mass is 9.98. The standard InChI is InChI=1S/C21H19ClFN5O2/c22-17-5-3-13(4-6-17)14-7-9-28(10-8-14)19-15(11-24)1-2-16(18(19)23)12-30-21(29)27-20(25)26/h1-7H,8-10,12H2,(H4,25,26,27,29). The molecule has 0 bridgehead atoms. The first-order chi connectivity index (χ1) is 14.4. The van der Waals surface area contributed by atoms with Crippen LogP contribution in [0.25, 0.3) is 5.57 Å². The number of halogens is 2. The lowest BCUT2D eigenvalue weighted by Crippen LogP contribution is -2.30. The number of nitrogens with two attached hydrogens (primary N) is 2. The quantitative estimate of drug-likeness (QED) is 0.569. The number of hydrogen-bond donors (Lipinski definition) is 2.